The summed E-state index contributed by atoms with van der Waals surface area (Å²) in [4.78, 5) is 23.9. The van der Waals surface area contributed by atoms with Crippen LogP contribution in [0.2, 0.25) is 5.02 Å². The number of nitrogens with one attached hydrogen (secondary N) is 2. The van der Waals surface area contributed by atoms with Gasteiger partial charge in [-0.1, -0.05) is 24.9 Å². The molecule has 0 aliphatic carbocycles. The molecule has 2 aromatic rings. The molecule has 24 heavy (non-hydrogen) atoms. The number of amides is 2. The lowest BCUT2D eigenvalue weighted by atomic mass is 10.2. The van der Waals surface area contributed by atoms with Gasteiger partial charge in [-0.25, -0.2) is 0 Å². The van der Waals surface area contributed by atoms with E-state index in [1.54, 1.807) is 22.8 Å². The van der Waals surface area contributed by atoms with Crippen molar-refractivity contribution in [2.75, 3.05) is 11.9 Å². The molecule has 0 aliphatic heterocycles. The molecule has 2 rings (SSSR count). The molecule has 3 N–H and O–H groups in total. The molecule has 7 heteroatoms. The van der Waals surface area contributed by atoms with Crippen molar-refractivity contribution in [3.8, 4) is 5.69 Å². The van der Waals surface area contributed by atoms with Crippen LogP contribution in [0.15, 0.2) is 42.7 Å². The highest BCUT2D eigenvalue weighted by Gasteiger charge is 2.17. The number of aliphatic hydroxyl groups excluding tert-OH is 1. The molecule has 0 saturated heterocycles. The fourth-order valence-electron chi connectivity index (χ4n) is 2.22. The summed E-state index contributed by atoms with van der Waals surface area (Å²) in [5, 5.41) is 15.1. The van der Waals surface area contributed by atoms with Crippen LogP contribution >= 0.6 is 11.6 Å². The zero-order chi connectivity index (χ0) is 17.5. The van der Waals surface area contributed by atoms with Crippen molar-refractivity contribution in [2.24, 2.45) is 0 Å². The monoisotopic (exact) mass is 349 g/mol. The van der Waals surface area contributed by atoms with E-state index >= 15 is 0 Å². The van der Waals surface area contributed by atoms with Crippen LogP contribution in [-0.4, -0.2) is 34.1 Å². The molecule has 0 spiro atoms. The fourth-order valence-corrected chi connectivity index (χ4v) is 2.39. The van der Waals surface area contributed by atoms with Gasteiger partial charge >= 0.3 is 11.8 Å². The predicted molar refractivity (Wildman–Crippen MR) is 93.3 cm³/mol. The summed E-state index contributed by atoms with van der Waals surface area (Å²) in [5.41, 5.74) is 1.12. The van der Waals surface area contributed by atoms with Crippen LogP contribution in [0.3, 0.4) is 0 Å². The predicted octanol–water partition coefficient (Wildman–Crippen LogP) is 2.35. The van der Waals surface area contributed by atoms with E-state index < -0.39 is 17.9 Å². The highest BCUT2D eigenvalue weighted by atomic mass is 35.5. The summed E-state index contributed by atoms with van der Waals surface area (Å²) in [6, 6.07) is 8.64. The lowest BCUT2D eigenvalue weighted by Gasteiger charge is -2.13. The molecule has 1 unspecified atom stereocenters. The molecule has 0 aliphatic rings. The number of nitrogens with zero attached hydrogens (tertiary/aromatic N) is 1. The highest BCUT2D eigenvalue weighted by Crippen LogP contribution is 2.24. The van der Waals surface area contributed by atoms with Crippen LogP contribution in [-0.2, 0) is 9.59 Å². The van der Waals surface area contributed by atoms with Crippen LogP contribution < -0.4 is 10.6 Å². The van der Waals surface area contributed by atoms with Gasteiger partial charge in [0.15, 0.2) is 0 Å². The van der Waals surface area contributed by atoms with E-state index in [1.807, 2.05) is 31.5 Å². The Morgan fingerprint density at radius 1 is 1.25 bits per heavy atom. The Bertz CT molecular complexity index is 701. The summed E-state index contributed by atoms with van der Waals surface area (Å²) in [6.07, 6.45) is 4.33. The minimum atomic E-state index is -0.797. The SMILES string of the molecule is CCCC(O)CNC(=O)C(=O)Nc1ccc(Cl)cc1-n1cccc1. The van der Waals surface area contributed by atoms with Crippen molar-refractivity contribution in [1.82, 2.24) is 9.88 Å². The van der Waals surface area contributed by atoms with Gasteiger partial charge in [-0.3, -0.25) is 9.59 Å². The third kappa shape index (κ3) is 4.84. The van der Waals surface area contributed by atoms with E-state index in [0.29, 0.717) is 22.8 Å². The first-order chi connectivity index (χ1) is 11.5. The van der Waals surface area contributed by atoms with Crippen LogP contribution in [0.1, 0.15) is 19.8 Å². The first kappa shape index (κ1) is 18.0. The average Bonchev–Trinajstić information content (AvgIpc) is 3.08. The zero-order valence-electron chi connectivity index (χ0n) is 13.3. The number of aliphatic hydroxyl groups is 1. The van der Waals surface area contributed by atoms with Crippen LogP contribution in [0.25, 0.3) is 5.69 Å². The van der Waals surface area contributed by atoms with Gasteiger partial charge in [-0.2, -0.15) is 0 Å². The average molecular weight is 350 g/mol. The number of rotatable bonds is 6. The van der Waals surface area contributed by atoms with E-state index in [9.17, 15) is 14.7 Å². The minimum absolute atomic E-state index is 0.0468. The van der Waals surface area contributed by atoms with Crippen molar-refractivity contribution >= 4 is 29.1 Å². The first-order valence-corrected chi connectivity index (χ1v) is 8.09. The van der Waals surface area contributed by atoms with Crippen molar-refractivity contribution in [3.63, 3.8) is 0 Å². The molecule has 128 valence electrons. The smallest absolute Gasteiger partial charge is 0.313 e. The number of halogens is 1. The van der Waals surface area contributed by atoms with E-state index in [1.165, 1.54) is 0 Å². The van der Waals surface area contributed by atoms with Gasteiger partial charge in [0.25, 0.3) is 0 Å². The van der Waals surface area contributed by atoms with Gasteiger partial charge in [0.05, 0.1) is 17.5 Å². The van der Waals surface area contributed by atoms with Crippen molar-refractivity contribution in [2.45, 2.75) is 25.9 Å². The Hall–Kier alpha value is -2.31. The molecule has 0 bridgehead atoms. The molecule has 0 saturated carbocycles. The van der Waals surface area contributed by atoms with Gasteiger partial charge in [-0.15, -0.1) is 0 Å². The Morgan fingerprint density at radius 2 is 1.96 bits per heavy atom. The van der Waals surface area contributed by atoms with E-state index in [0.717, 1.165) is 6.42 Å². The van der Waals surface area contributed by atoms with Gasteiger partial charge in [-0.05, 0) is 36.8 Å². The fraction of sp³-hybridized carbons (Fsp3) is 0.294. The number of carbonyl (C=O) groups is 2. The Morgan fingerprint density at radius 3 is 2.62 bits per heavy atom. The minimum Gasteiger partial charge on any atom is -0.391 e. The summed E-state index contributed by atoms with van der Waals surface area (Å²) in [6.45, 7) is 1.98. The molecule has 1 aromatic carbocycles. The van der Waals surface area contributed by atoms with Crippen LogP contribution in [0.4, 0.5) is 5.69 Å². The van der Waals surface area contributed by atoms with Crippen molar-refractivity contribution in [1.29, 1.82) is 0 Å². The number of benzene rings is 1. The molecule has 1 heterocycles. The van der Waals surface area contributed by atoms with Gasteiger partial charge < -0.3 is 20.3 Å². The van der Waals surface area contributed by atoms with Gasteiger partial charge in [0, 0.05) is 24.0 Å². The second-order valence-corrected chi connectivity index (χ2v) is 5.79. The van der Waals surface area contributed by atoms with E-state index in [-0.39, 0.29) is 6.54 Å². The second kappa shape index (κ2) is 8.52. The molecular weight excluding hydrogens is 330 g/mol. The largest absolute Gasteiger partial charge is 0.391 e. The lowest BCUT2D eigenvalue weighted by molar-refractivity contribution is -0.136. The number of anilines is 1. The lowest BCUT2D eigenvalue weighted by Crippen LogP contribution is -2.39. The molecule has 2 amide bonds. The molecule has 1 atom stereocenters. The van der Waals surface area contributed by atoms with E-state index in [4.69, 9.17) is 11.6 Å². The third-order valence-electron chi connectivity index (χ3n) is 3.42. The summed E-state index contributed by atoms with van der Waals surface area (Å²) in [5.74, 6) is -1.59. The molecule has 6 nitrogen and oxygen atoms in total. The molecule has 0 fully saturated rings. The maximum atomic E-state index is 12.0. The maximum absolute atomic E-state index is 12.0. The molecular formula is C17H20ClN3O3. The summed E-state index contributed by atoms with van der Waals surface area (Å²) in [7, 11) is 0. The standard InChI is InChI=1S/C17H20ClN3O3/c1-2-5-13(22)11-19-16(23)17(24)20-14-7-6-12(18)10-15(14)21-8-3-4-9-21/h3-4,6-10,13,22H,2,5,11H2,1H3,(H,19,23)(H,20,24). The highest BCUT2D eigenvalue weighted by molar-refractivity contribution is 6.40. The number of carbonyl (C=O) groups excluding carboxylic acids is 2. The Labute approximate surface area is 145 Å². The van der Waals surface area contributed by atoms with Crippen LogP contribution in [0.5, 0.6) is 0 Å². The maximum Gasteiger partial charge on any atom is 0.313 e. The number of hydrogen-bond acceptors (Lipinski definition) is 3. The van der Waals surface area contributed by atoms with Gasteiger partial charge in [0.1, 0.15) is 0 Å². The topological polar surface area (TPSA) is 83.4 Å². The summed E-state index contributed by atoms with van der Waals surface area (Å²) >= 11 is 6.01. The van der Waals surface area contributed by atoms with E-state index in [2.05, 4.69) is 10.6 Å². The summed E-state index contributed by atoms with van der Waals surface area (Å²) < 4.78 is 1.78. The Kier molecular flexibility index (Phi) is 6.40. The van der Waals surface area contributed by atoms with Crippen molar-refractivity contribution in [3.05, 3.63) is 47.7 Å². The molecule has 0 radical (unpaired) electrons. The zero-order valence-corrected chi connectivity index (χ0v) is 14.1. The van der Waals surface area contributed by atoms with Crippen LogP contribution in [0, 0.1) is 0 Å². The first-order valence-electron chi connectivity index (χ1n) is 7.71. The van der Waals surface area contributed by atoms with Gasteiger partial charge in [0.2, 0.25) is 0 Å². The number of hydrogen-bond donors (Lipinski definition) is 3. The Balaban J connectivity index is 2.05. The normalized spacial score (nSPS) is 11.8. The number of aromatic nitrogens is 1. The second-order valence-electron chi connectivity index (χ2n) is 5.36. The van der Waals surface area contributed by atoms with Crippen molar-refractivity contribution < 1.29 is 14.7 Å². The quantitative estimate of drug-likeness (QED) is 0.700. The third-order valence-corrected chi connectivity index (χ3v) is 3.65. The molecule has 1 aromatic heterocycles.